The molecule has 1 fully saturated rings. The van der Waals surface area contributed by atoms with Crippen molar-refractivity contribution < 1.29 is 14.0 Å². The minimum atomic E-state index is -0.336. The first-order valence-electron chi connectivity index (χ1n) is 9.52. The standard InChI is InChI=1S/C21H31FN2O2/c1-5-6-10-23-20(26)18-14-24(19(25)12-21(2,3)4)13-17(18)15-8-7-9-16(22)11-15/h7-9,11,17-18H,5-6,10,12-14H2,1-4H3,(H,23,26)/t17-,18+/m1/s1. The molecule has 0 aromatic heterocycles. The Balaban J connectivity index is 2.18. The van der Waals surface area contributed by atoms with Gasteiger partial charge in [-0.1, -0.05) is 46.2 Å². The number of amides is 2. The van der Waals surface area contributed by atoms with Crippen molar-refractivity contribution >= 4 is 11.8 Å². The van der Waals surface area contributed by atoms with Crippen molar-refractivity contribution in [1.82, 2.24) is 10.2 Å². The second-order valence-corrected chi connectivity index (χ2v) is 8.45. The number of rotatable bonds is 6. The summed E-state index contributed by atoms with van der Waals surface area (Å²) in [7, 11) is 0. The number of benzene rings is 1. The summed E-state index contributed by atoms with van der Waals surface area (Å²) >= 11 is 0. The van der Waals surface area contributed by atoms with Gasteiger partial charge in [-0.05, 0) is 29.5 Å². The number of likely N-dealkylation sites (tertiary alicyclic amines) is 1. The zero-order valence-corrected chi connectivity index (χ0v) is 16.3. The lowest BCUT2D eigenvalue weighted by molar-refractivity contribution is -0.132. The zero-order valence-electron chi connectivity index (χ0n) is 16.3. The molecule has 1 aromatic carbocycles. The van der Waals surface area contributed by atoms with Crippen molar-refractivity contribution in [2.45, 2.75) is 52.9 Å². The van der Waals surface area contributed by atoms with Crippen LogP contribution in [-0.4, -0.2) is 36.3 Å². The van der Waals surface area contributed by atoms with Crippen LogP contribution in [0.4, 0.5) is 4.39 Å². The van der Waals surface area contributed by atoms with Gasteiger partial charge in [-0.3, -0.25) is 9.59 Å². The van der Waals surface area contributed by atoms with E-state index in [9.17, 15) is 14.0 Å². The van der Waals surface area contributed by atoms with Gasteiger partial charge in [0.25, 0.3) is 0 Å². The molecule has 26 heavy (non-hydrogen) atoms. The quantitative estimate of drug-likeness (QED) is 0.784. The van der Waals surface area contributed by atoms with Crippen molar-refractivity contribution in [2.24, 2.45) is 11.3 Å². The van der Waals surface area contributed by atoms with Gasteiger partial charge in [-0.25, -0.2) is 4.39 Å². The molecule has 5 heteroatoms. The van der Waals surface area contributed by atoms with Crippen LogP contribution in [0.15, 0.2) is 24.3 Å². The van der Waals surface area contributed by atoms with E-state index in [0.29, 0.717) is 26.1 Å². The third-order valence-electron chi connectivity index (χ3n) is 4.80. The van der Waals surface area contributed by atoms with Crippen LogP contribution < -0.4 is 5.32 Å². The number of carbonyl (C=O) groups is 2. The van der Waals surface area contributed by atoms with Gasteiger partial charge in [0, 0.05) is 32.0 Å². The maximum Gasteiger partial charge on any atom is 0.225 e. The topological polar surface area (TPSA) is 49.4 Å². The predicted octanol–water partition coefficient (Wildman–Crippen LogP) is 3.72. The van der Waals surface area contributed by atoms with Gasteiger partial charge in [0.15, 0.2) is 0 Å². The highest BCUT2D eigenvalue weighted by Gasteiger charge is 2.40. The lowest BCUT2D eigenvalue weighted by Crippen LogP contribution is -2.36. The zero-order chi connectivity index (χ0) is 19.3. The summed E-state index contributed by atoms with van der Waals surface area (Å²) in [5.41, 5.74) is 0.680. The van der Waals surface area contributed by atoms with Crippen molar-refractivity contribution in [2.75, 3.05) is 19.6 Å². The lowest BCUT2D eigenvalue weighted by Gasteiger charge is -2.23. The normalized spacial score (nSPS) is 20.3. The first kappa shape index (κ1) is 20.4. The maximum absolute atomic E-state index is 13.7. The second kappa shape index (κ2) is 8.65. The number of hydrogen-bond acceptors (Lipinski definition) is 2. The van der Waals surface area contributed by atoms with Gasteiger partial charge < -0.3 is 10.2 Å². The molecule has 0 bridgehead atoms. The van der Waals surface area contributed by atoms with Crippen molar-refractivity contribution in [3.63, 3.8) is 0 Å². The first-order chi connectivity index (χ1) is 12.2. The molecule has 1 aromatic rings. The van der Waals surface area contributed by atoms with Gasteiger partial charge in [0.05, 0.1) is 5.92 Å². The van der Waals surface area contributed by atoms with Crippen molar-refractivity contribution in [3.8, 4) is 0 Å². The van der Waals surface area contributed by atoms with Crippen LogP contribution in [-0.2, 0) is 9.59 Å². The number of nitrogens with zero attached hydrogens (tertiary/aromatic N) is 1. The molecule has 4 nitrogen and oxygen atoms in total. The first-order valence-corrected chi connectivity index (χ1v) is 9.52. The van der Waals surface area contributed by atoms with E-state index in [1.54, 1.807) is 11.0 Å². The summed E-state index contributed by atoms with van der Waals surface area (Å²) in [6.07, 6.45) is 2.37. The van der Waals surface area contributed by atoms with Gasteiger partial charge in [-0.2, -0.15) is 0 Å². The van der Waals surface area contributed by atoms with E-state index in [4.69, 9.17) is 0 Å². The van der Waals surface area contributed by atoms with E-state index in [1.165, 1.54) is 12.1 Å². The summed E-state index contributed by atoms with van der Waals surface area (Å²) in [6, 6.07) is 6.39. The predicted molar refractivity (Wildman–Crippen MR) is 101 cm³/mol. The molecule has 0 unspecified atom stereocenters. The highest BCUT2D eigenvalue weighted by molar-refractivity contribution is 5.83. The average molecular weight is 362 g/mol. The number of hydrogen-bond donors (Lipinski definition) is 1. The van der Waals surface area contributed by atoms with Crippen LogP contribution in [0.25, 0.3) is 0 Å². The summed E-state index contributed by atoms with van der Waals surface area (Å²) in [5, 5.41) is 2.98. The fourth-order valence-corrected chi connectivity index (χ4v) is 3.43. The van der Waals surface area contributed by atoms with Gasteiger partial charge in [-0.15, -0.1) is 0 Å². The Morgan fingerprint density at radius 1 is 1.27 bits per heavy atom. The molecule has 1 aliphatic heterocycles. The third kappa shape index (κ3) is 5.55. The Bertz CT molecular complexity index is 639. The molecular weight excluding hydrogens is 331 g/mol. The Morgan fingerprint density at radius 3 is 2.62 bits per heavy atom. The van der Waals surface area contributed by atoms with E-state index < -0.39 is 0 Å². The molecule has 1 aliphatic rings. The highest BCUT2D eigenvalue weighted by atomic mass is 19.1. The second-order valence-electron chi connectivity index (χ2n) is 8.45. The van der Waals surface area contributed by atoms with E-state index in [1.807, 2.05) is 26.8 Å². The van der Waals surface area contributed by atoms with E-state index in [2.05, 4.69) is 12.2 Å². The summed E-state index contributed by atoms with van der Waals surface area (Å²) < 4.78 is 13.7. The van der Waals surface area contributed by atoms with E-state index >= 15 is 0 Å². The van der Waals surface area contributed by atoms with Crippen molar-refractivity contribution in [1.29, 1.82) is 0 Å². The maximum atomic E-state index is 13.7. The molecule has 2 amide bonds. The molecule has 1 N–H and O–H groups in total. The summed E-state index contributed by atoms with van der Waals surface area (Å²) in [5.74, 6) is -0.803. The number of carbonyl (C=O) groups excluding carboxylic acids is 2. The lowest BCUT2D eigenvalue weighted by atomic mass is 9.88. The molecule has 0 spiro atoms. The van der Waals surface area contributed by atoms with Crippen LogP contribution in [0.1, 0.15) is 58.4 Å². The Morgan fingerprint density at radius 2 is 2.00 bits per heavy atom. The molecule has 0 aliphatic carbocycles. The van der Waals surface area contributed by atoms with Crippen molar-refractivity contribution in [3.05, 3.63) is 35.6 Å². The smallest absolute Gasteiger partial charge is 0.225 e. The van der Waals surface area contributed by atoms with Crippen LogP contribution in [0, 0.1) is 17.2 Å². The molecule has 2 atom stereocenters. The largest absolute Gasteiger partial charge is 0.356 e. The molecule has 144 valence electrons. The highest BCUT2D eigenvalue weighted by Crippen LogP contribution is 2.34. The van der Waals surface area contributed by atoms with Crippen LogP contribution in [0.3, 0.4) is 0 Å². The molecule has 2 rings (SSSR count). The molecular formula is C21H31FN2O2. The Kier molecular flexibility index (Phi) is 6.79. The third-order valence-corrected chi connectivity index (χ3v) is 4.80. The van der Waals surface area contributed by atoms with Gasteiger partial charge in [0.1, 0.15) is 5.82 Å². The minimum absolute atomic E-state index is 0.0428. The Hall–Kier alpha value is -1.91. The van der Waals surface area contributed by atoms with Crippen LogP contribution in [0.5, 0.6) is 0 Å². The van der Waals surface area contributed by atoms with E-state index in [0.717, 1.165) is 18.4 Å². The molecule has 0 radical (unpaired) electrons. The fraction of sp³-hybridized carbons (Fsp3) is 0.619. The average Bonchev–Trinajstić information content (AvgIpc) is 2.99. The summed E-state index contributed by atoms with van der Waals surface area (Å²) in [4.78, 5) is 27.1. The van der Waals surface area contributed by atoms with E-state index in [-0.39, 0.29) is 34.9 Å². The number of nitrogens with one attached hydrogen (secondary N) is 1. The number of unbranched alkanes of at least 4 members (excludes halogenated alkanes) is 1. The molecule has 1 saturated heterocycles. The van der Waals surface area contributed by atoms with Gasteiger partial charge >= 0.3 is 0 Å². The van der Waals surface area contributed by atoms with Crippen LogP contribution >= 0.6 is 0 Å². The summed E-state index contributed by atoms with van der Waals surface area (Å²) in [6.45, 7) is 9.65. The fourth-order valence-electron chi connectivity index (χ4n) is 3.43. The monoisotopic (exact) mass is 362 g/mol. The minimum Gasteiger partial charge on any atom is -0.356 e. The molecule has 1 heterocycles. The van der Waals surface area contributed by atoms with Crippen LogP contribution in [0.2, 0.25) is 0 Å². The van der Waals surface area contributed by atoms with Gasteiger partial charge in [0.2, 0.25) is 11.8 Å². The SMILES string of the molecule is CCCCNC(=O)[C@H]1CN(C(=O)CC(C)(C)C)C[C@@H]1c1cccc(F)c1. The Labute approximate surface area is 156 Å². The molecule has 0 saturated carbocycles. The number of halogens is 1.